The predicted octanol–water partition coefficient (Wildman–Crippen LogP) is 2.77. The molecule has 0 unspecified atom stereocenters. The van der Waals surface area contributed by atoms with Crippen LogP contribution < -0.4 is 4.90 Å². The van der Waals surface area contributed by atoms with Crippen LogP contribution in [0.4, 0.5) is 5.82 Å². The largest absolute Gasteiger partial charge is 0.442 e. The summed E-state index contributed by atoms with van der Waals surface area (Å²) in [5.74, 6) is 1.40. The molecule has 1 aliphatic carbocycles. The van der Waals surface area contributed by atoms with Crippen molar-refractivity contribution in [3.05, 3.63) is 17.7 Å². The highest BCUT2D eigenvalue weighted by atomic mass is 16.5. The van der Waals surface area contributed by atoms with E-state index >= 15 is 0 Å². The van der Waals surface area contributed by atoms with Gasteiger partial charge in [-0.05, 0) is 19.8 Å². The Morgan fingerprint density at radius 1 is 1.19 bits per heavy atom. The molecule has 2 aromatic heterocycles. The lowest BCUT2D eigenvalue weighted by molar-refractivity contribution is 0.0696. The first-order valence-corrected chi connectivity index (χ1v) is 9.50. The number of hydrogen-bond donors (Lipinski definition) is 0. The Balaban J connectivity index is 1.73. The van der Waals surface area contributed by atoms with E-state index in [0.29, 0.717) is 36.3 Å². The smallest absolute Gasteiger partial charge is 0.258 e. The van der Waals surface area contributed by atoms with Gasteiger partial charge >= 0.3 is 0 Å². The minimum absolute atomic E-state index is 0.0115. The predicted molar refractivity (Wildman–Crippen MR) is 98.5 cm³/mol. The van der Waals surface area contributed by atoms with Crippen LogP contribution in [0.3, 0.4) is 0 Å². The molecule has 1 saturated carbocycles. The highest BCUT2D eigenvalue weighted by Gasteiger charge is 2.30. The molecule has 1 aliphatic heterocycles. The fourth-order valence-corrected chi connectivity index (χ4v) is 4.11. The average Bonchev–Trinajstić information content (AvgIpc) is 3.04. The van der Waals surface area contributed by atoms with E-state index in [4.69, 9.17) is 9.15 Å². The minimum atomic E-state index is 0.0115. The van der Waals surface area contributed by atoms with Gasteiger partial charge in [0, 0.05) is 26.2 Å². The summed E-state index contributed by atoms with van der Waals surface area (Å²) in [6.07, 6.45) is 7.30. The molecule has 0 aromatic carbocycles. The summed E-state index contributed by atoms with van der Waals surface area (Å²) in [6, 6.07) is 0.303. The van der Waals surface area contributed by atoms with Gasteiger partial charge < -0.3 is 19.0 Å². The van der Waals surface area contributed by atoms with Crippen molar-refractivity contribution >= 4 is 22.8 Å². The molecule has 2 aromatic rings. The molecule has 0 radical (unpaired) electrons. The number of carbonyl (C=O) groups excluding carboxylic acids is 1. The first-order valence-electron chi connectivity index (χ1n) is 9.50. The number of anilines is 1. The summed E-state index contributed by atoms with van der Waals surface area (Å²) < 4.78 is 11.3. The average molecular weight is 358 g/mol. The monoisotopic (exact) mass is 358 g/mol. The van der Waals surface area contributed by atoms with Crippen molar-refractivity contribution in [3.63, 3.8) is 0 Å². The molecule has 2 aliphatic rings. The van der Waals surface area contributed by atoms with E-state index in [9.17, 15) is 4.79 Å². The van der Waals surface area contributed by atoms with Crippen LogP contribution in [0.2, 0.25) is 0 Å². The molecule has 7 nitrogen and oxygen atoms in total. The SMILES string of the molecule is Cc1oc2ncnc(N3CCOCC3)c2c1C(=O)N(C)C1CCCCC1. The number of amides is 1. The number of ether oxygens (including phenoxy) is 1. The topological polar surface area (TPSA) is 71.7 Å². The van der Waals surface area contributed by atoms with E-state index in [1.54, 1.807) is 0 Å². The highest BCUT2D eigenvalue weighted by Crippen LogP contribution is 2.33. The number of aryl methyl sites for hydroxylation is 1. The van der Waals surface area contributed by atoms with Gasteiger partial charge in [-0.3, -0.25) is 4.79 Å². The second-order valence-corrected chi connectivity index (χ2v) is 7.22. The molecule has 2 fully saturated rings. The van der Waals surface area contributed by atoms with Crippen LogP contribution in [0.25, 0.3) is 11.1 Å². The number of hydrogen-bond acceptors (Lipinski definition) is 6. The third-order valence-electron chi connectivity index (χ3n) is 5.61. The highest BCUT2D eigenvalue weighted by molar-refractivity contribution is 6.10. The van der Waals surface area contributed by atoms with Gasteiger partial charge in [0.25, 0.3) is 5.91 Å². The molecule has 1 amide bonds. The van der Waals surface area contributed by atoms with Gasteiger partial charge in [-0.15, -0.1) is 0 Å². The number of rotatable bonds is 3. The van der Waals surface area contributed by atoms with Crippen LogP contribution in [0, 0.1) is 6.92 Å². The Kier molecular flexibility index (Phi) is 4.80. The van der Waals surface area contributed by atoms with Crippen molar-refractivity contribution in [2.75, 3.05) is 38.3 Å². The van der Waals surface area contributed by atoms with Crippen molar-refractivity contribution in [3.8, 4) is 0 Å². The van der Waals surface area contributed by atoms with E-state index in [2.05, 4.69) is 14.9 Å². The quantitative estimate of drug-likeness (QED) is 0.840. The van der Waals surface area contributed by atoms with Crippen molar-refractivity contribution in [1.29, 1.82) is 0 Å². The number of nitrogens with zero attached hydrogens (tertiary/aromatic N) is 4. The Morgan fingerprint density at radius 3 is 2.65 bits per heavy atom. The maximum atomic E-state index is 13.3. The molecule has 4 rings (SSSR count). The number of morpholine rings is 1. The maximum Gasteiger partial charge on any atom is 0.258 e. The van der Waals surface area contributed by atoms with Gasteiger partial charge in [-0.25, -0.2) is 9.97 Å². The number of aromatic nitrogens is 2. The lowest BCUT2D eigenvalue weighted by atomic mass is 9.94. The van der Waals surface area contributed by atoms with E-state index in [0.717, 1.165) is 37.1 Å². The summed E-state index contributed by atoms with van der Waals surface area (Å²) in [4.78, 5) is 26.1. The van der Waals surface area contributed by atoms with Crippen LogP contribution in [-0.4, -0.2) is 60.2 Å². The molecule has 0 spiro atoms. The summed E-state index contributed by atoms with van der Waals surface area (Å²) in [5.41, 5.74) is 1.09. The van der Waals surface area contributed by atoms with Crippen molar-refractivity contribution in [2.45, 2.75) is 45.1 Å². The first-order chi connectivity index (χ1) is 12.7. The molecular weight excluding hydrogens is 332 g/mol. The molecule has 26 heavy (non-hydrogen) atoms. The van der Waals surface area contributed by atoms with Crippen LogP contribution in [0.1, 0.15) is 48.2 Å². The zero-order valence-electron chi connectivity index (χ0n) is 15.5. The molecule has 7 heteroatoms. The Bertz CT molecular complexity index is 791. The number of fused-ring (bicyclic) bond motifs is 1. The van der Waals surface area contributed by atoms with Gasteiger partial charge in [0.15, 0.2) is 0 Å². The fourth-order valence-electron chi connectivity index (χ4n) is 4.11. The lowest BCUT2D eigenvalue weighted by Crippen LogP contribution is -2.39. The number of furan rings is 1. The van der Waals surface area contributed by atoms with E-state index in [1.165, 1.54) is 25.6 Å². The minimum Gasteiger partial charge on any atom is -0.442 e. The van der Waals surface area contributed by atoms with Gasteiger partial charge in [0.2, 0.25) is 5.71 Å². The Morgan fingerprint density at radius 2 is 1.92 bits per heavy atom. The summed E-state index contributed by atoms with van der Waals surface area (Å²) >= 11 is 0. The zero-order valence-corrected chi connectivity index (χ0v) is 15.5. The van der Waals surface area contributed by atoms with Gasteiger partial charge in [-0.1, -0.05) is 19.3 Å². The molecule has 140 valence electrons. The van der Waals surface area contributed by atoms with Gasteiger partial charge in [0.05, 0.1) is 24.2 Å². The van der Waals surface area contributed by atoms with E-state index < -0.39 is 0 Å². The fraction of sp³-hybridized carbons (Fsp3) is 0.632. The Labute approximate surface area is 153 Å². The van der Waals surface area contributed by atoms with Crippen molar-refractivity contribution in [2.24, 2.45) is 0 Å². The second kappa shape index (κ2) is 7.23. The van der Waals surface area contributed by atoms with E-state index in [1.807, 2.05) is 18.9 Å². The third-order valence-corrected chi connectivity index (χ3v) is 5.61. The van der Waals surface area contributed by atoms with Gasteiger partial charge in [0.1, 0.15) is 17.9 Å². The normalized spacial score (nSPS) is 19.1. The van der Waals surface area contributed by atoms with E-state index in [-0.39, 0.29) is 5.91 Å². The van der Waals surface area contributed by atoms with Crippen LogP contribution in [-0.2, 0) is 4.74 Å². The van der Waals surface area contributed by atoms with Crippen LogP contribution >= 0.6 is 0 Å². The zero-order chi connectivity index (χ0) is 18.1. The molecular formula is C19H26N4O3. The van der Waals surface area contributed by atoms with Crippen molar-refractivity contribution in [1.82, 2.24) is 14.9 Å². The number of carbonyl (C=O) groups is 1. The molecule has 1 saturated heterocycles. The standard InChI is InChI=1S/C19H26N4O3/c1-13-15(19(24)22(2)14-6-4-3-5-7-14)16-17(20-12-21-18(16)26-13)23-8-10-25-11-9-23/h12,14H,3-11H2,1-2H3. The van der Waals surface area contributed by atoms with Crippen LogP contribution in [0.15, 0.2) is 10.7 Å². The summed E-state index contributed by atoms with van der Waals surface area (Å²) in [5, 5.41) is 0.736. The van der Waals surface area contributed by atoms with Crippen molar-refractivity contribution < 1.29 is 13.9 Å². The Hall–Kier alpha value is -2.15. The van der Waals surface area contributed by atoms with Gasteiger partial charge in [-0.2, -0.15) is 0 Å². The third kappa shape index (κ3) is 3.05. The molecule has 0 bridgehead atoms. The summed E-state index contributed by atoms with van der Waals surface area (Å²) in [6.45, 7) is 4.67. The lowest BCUT2D eigenvalue weighted by Gasteiger charge is -2.31. The second-order valence-electron chi connectivity index (χ2n) is 7.22. The maximum absolute atomic E-state index is 13.3. The summed E-state index contributed by atoms with van der Waals surface area (Å²) in [7, 11) is 1.91. The first kappa shape index (κ1) is 17.3. The van der Waals surface area contributed by atoms with Crippen LogP contribution in [0.5, 0.6) is 0 Å². The molecule has 0 atom stereocenters. The molecule has 0 N–H and O–H groups in total. The molecule has 3 heterocycles.